The van der Waals surface area contributed by atoms with E-state index in [1.165, 1.54) is 12.1 Å². The van der Waals surface area contributed by atoms with Gasteiger partial charge in [-0.15, -0.1) is 0 Å². The van der Waals surface area contributed by atoms with E-state index in [2.05, 4.69) is 9.97 Å². The van der Waals surface area contributed by atoms with Crippen LogP contribution in [-0.2, 0) is 6.18 Å². The molecule has 1 aromatic heterocycles. The van der Waals surface area contributed by atoms with Crippen LogP contribution in [0.1, 0.15) is 5.69 Å². The van der Waals surface area contributed by atoms with Crippen molar-refractivity contribution >= 4 is 35.0 Å². The quantitative estimate of drug-likeness (QED) is 0.637. The van der Waals surface area contributed by atoms with Crippen LogP contribution in [0.3, 0.4) is 0 Å². The molecule has 9 heteroatoms. The van der Waals surface area contributed by atoms with E-state index in [0.29, 0.717) is 22.9 Å². The van der Waals surface area contributed by atoms with Gasteiger partial charge >= 0.3 is 6.18 Å². The first-order valence-corrected chi connectivity index (χ1v) is 7.80. The molecular formula is C13H10Cl2F3N3S. The predicted molar refractivity (Wildman–Crippen MR) is 82.3 cm³/mol. The van der Waals surface area contributed by atoms with Crippen molar-refractivity contribution in [2.45, 2.75) is 11.3 Å². The van der Waals surface area contributed by atoms with Crippen LogP contribution in [0.25, 0.3) is 11.3 Å². The Labute approximate surface area is 139 Å². The highest BCUT2D eigenvalue weighted by atomic mass is 35.5. The molecule has 0 fully saturated rings. The minimum absolute atomic E-state index is 0.0151. The van der Waals surface area contributed by atoms with Crippen LogP contribution in [-0.4, -0.2) is 22.3 Å². The van der Waals surface area contributed by atoms with Gasteiger partial charge in [0.2, 0.25) is 0 Å². The summed E-state index contributed by atoms with van der Waals surface area (Å²) in [6, 6.07) is 5.39. The number of hydrogen-bond acceptors (Lipinski definition) is 4. The van der Waals surface area contributed by atoms with E-state index in [1.807, 2.05) is 0 Å². The Morgan fingerprint density at radius 2 is 1.82 bits per heavy atom. The largest absolute Gasteiger partial charge is 0.433 e. The van der Waals surface area contributed by atoms with Crippen molar-refractivity contribution in [3.05, 3.63) is 40.0 Å². The molecule has 0 aliphatic rings. The Balaban J connectivity index is 2.51. The monoisotopic (exact) mass is 367 g/mol. The molecule has 0 bridgehead atoms. The summed E-state index contributed by atoms with van der Waals surface area (Å²) < 4.78 is 38.9. The van der Waals surface area contributed by atoms with E-state index in [4.69, 9.17) is 28.9 Å². The van der Waals surface area contributed by atoms with Crippen molar-refractivity contribution in [1.82, 2.24) is 9.97 Å². The number of alkyl halides is 3. The summed E-state index contributed by atoms with van der Waals surface area (Å²) in [6.45, 7) is 0.312. The second kappa shape index (κ2) is 7.04. The first-order chi connectivity index (χ1) is 10.3. The maximum Gasteiger partial charge on any atom is 0.433 e. The van der Waals surface area contributed by atoms with E-state index in [9.17, 15) is 13.2 Å². The van der Waals surface area contributed by atoms with E-state index in [-0.39, 0.29) is 15.9 Å². The van der Waals surface area contributed by atoms with Gasteiger partial charge in [0.1, 0.15) is 5.69 Å². The zero-order valence-electron chi connectivity index (χ0n) is 11.0. The minimum Gasteiger partial charge on any atom is -0.330 e. The van der Waals surface area contributed by atoms with Gasteiger partial charge in [-0.2, -0.15) is 13.2 Å². The Morgan fingerprint density at radius 1 is 1.09 bits per heavy atom. The predicted octanol–water partition coefficient (Wildman–Crippen LogP) is 4.52. The molecule has 0 unspecified atom stereocenters. The summed E-state index contributed by atoms with van der Waals surface area (Å²) >= 11 is 12.8. The van der Waals surface area contributed by atoms with Crippen LogP contribution in [0, 0.1) is 0 Å². The molecule has 0 saturated carbocycles. The lowest BCUT2D eigenvalue weighted by atomic mass is 10.1. The number of thioether (sulfide) groups is 1. The van der Waals surface area contributed by atoms with Gasteiger partial charge in [-0.25, -0.2) is 9.97 Å². The van der Waals surface area contributed by atoms with Gasteiger partial charge in [-0.3, -0.25) is 0 Å². The Hall–Kier alpha value is -1.02. The molecule has 0 saturated heterocycles. The summed E-state index contributed by atoms with van der Waals surface area (Å²) in [5.41, 5.74) is 4.90. The lowest BCUT2D eigenvalue weighted by Gasteiger charge is -2.10. The van der Waals surface area contributed by atoms with Crippen LogP contribution in [0.4, 0.5) is 13.2 Å². The second-order valence-corrected chi connectivity index (χ2v) is 6.06. The zero-order valence-corrected chi connectivity index (χ0v) is 13.3. The van der Waals surface area contributed by atoms with Gasteiger partial charge in [0, 0.05) is 17.9 Å². The van der Waals surface area contributed by atoms with E-state index in [0.717, 1.165) is 17.8 Å². The number of benzene rings is 1. The molecule has 3 nitrogen and oxygen atoms in total. The Bertz CT molecular complexity index is 680. The second-order valence-electron chi connectivity index (χ2n) is 4.18. The first-order valence-electron chi connectivity index (χ1n) is 6.06. The lowest BCUT2D eigenvalue weighted by molar-refractivity contribution is -0.141. The van der Waals surface area contributed by atoms with Crippen molar-refractivity contribution in [1.29, 1.82) is 0 Å². The first kappa shape index (κ1) is 17.3. The fourth-order valence-corrected chi connectivity index (χ4v) is 2.51. The van der Waals surface area contributed by atoms with Gasteiger partial charge < -0.3 is 5.73 Å². The SMILES string of the molecule is NCCSc1nc(-c2ccc(Cl)c(Cl)c2)cc(C(F)(F)F)n1. The third-order valence-corrected chi connectivity index (χ3v) is 4.18. The fraction of sp³-hybridized carbons (Fsp3) is 0.231. The molecule has 0 atom stereocenters. The van der Waals surface area contributed by atoms with Gasteiger partial charge in [0.25, 0.3) is 0 Å². The number of halogens is 5. The number of nitrogens with two attached hydrogens (primary N) is 1. The standard InChI is InChI=1S/C13H10Cl2F3N3S/c14-8-2-1-7(5-9(8)15)10-6-11(13(16,17)18)21-12(20-10)22-4-3-19/h1-2,5-6H,3-4,19H2. The summed E-state index contributed by atoms with van der Waals surface area (Å²) in [5, 5.41) is 0.567. The van der Waals surface area contributed by atoms with Crippen LogP contribution >= 0.6 is 35.0 Å². The third kappa shape index (κ3) is 4.25. The Kier molecular flexibility index (Phi) is 5.55. The minimum atomic E-state index is -4.56. The van der Waals surface area contributed by atoms with Gasteiger partial charge in [-0.05, 0) is 18.2 Å². The topological polar surface area (TPSA) is 51.8 Å². The molecule has 1 heterocycles. The molecule has 0 radical (unpaired) electrons. The van der Waals surface area contributed by atoms with Crippen LogP contribution in [0.5, 0.6) is 0 Å². The van der Waals surface area contributed by atoms with Crippen molar-refractivity contribution in [2.75, 3.05) is 12.3 Å². The third-order valence-electron chi connectivity index (χ3n) is 2.56. The van der Waals surface area contributed by atoms with Crippen molar-refractivity contribution in [3.63, 3.8) is 0 Å². The van der Waals surface area contributed by atoms with Crippen LogP contribution in [0.2, 0.25) is 10.0 Å². The highest BCUT2D eigenvalue weighted by molar-refractivity contribution is 7.99. The molecule has 2 aromatic rings. The number of rotatable bonds is 4. The maximum absolute atomic E-state index is 13.0. The van der Waals surface area contributed by atoms with Crippen LogP contribution in [0.15, 0.2) is 29.4 Å². The normalized spacial score (nSPS) is 11.7. The smallest absolute Gasteiger partial charge is 0.330 e. The van der Waals surface area contributed by atoms with Crippen molar-refractivity contribution < 1.29 is 13.2 Å². The van der Waals surface area contributed by atoms with Gasteiger partial charge in [0.05, 0.1) is 15.7 Å². The molecule has 2 N–H and O–H groups in total. The van der Waals surface area contributed by atoms with Gasteiger partial charge in [0.15, 0.2) is 5.16 Å². The molecule has 0 aliphatic carbocycles. The van der Waals surface area contributed by atoms with E-state index >= 15 is 0 Å². The van der Waals surface area contributed by atoms with E-state index < -0.39 is 11.9 Å². The average molecular weight is 368 g/mol. The maximum atomic E-state index is 13.0. The average Bonchev–Trinajstić information content (AvgIpc) is 2.46. The molecule has 2 rings (SSSR count). The summed E-state index contributed by atoms with van der Waals surface area (Å²) in [6.07, 6.45) is -4.56. The molecule has 0 aliphatic heterocycles. The fourth-order valence-electron chi connectivity index (χ4n) is 1.59. The lowest BCUT2D eigenvalue weighted by Crippen LogP contribution is -2.11. The molecule has 0 spiro atoms. The van der Waals surface area contributed by atoms with Crippen molar-refractivity contribution in [2.24, 2.45) is 5.73 Å². The molecule has 0 amide bonds. The zero-order chi connectivity index (χ0) is 16.3. The van der Waals surface area contributed by atoms with Crippen molar-refractivity contribution in [3.8, 4) is 11.3 Å². The number of nitrogens with zero attached hydrogens (tertiary/aromatic N) is 2. The molecular weight excluding hydrogens is 358 g/mol. The summed E-state index contributed by atoms with van der Waals surface area (Å²) in [5.74, 6) is 0.419. The Morgan fingerprint density at radius 3 is 2.41 bits per heavy atom. The number of hydrogen-bond donors (Lipinski definition) is 1. The van der Waals surface area contributed by atoms with E-state index in [1.54, 1.807) is 6.07 Å². The molecule has 1 aromatic carbocycles. The molecule has 22 heavy (non-hydrogen) atoms. The van der Waals surface area contributed by atoms with Crippen LogP contribution < -0.4 is 5.73 Å². The van der Waals surface area contributed by atoms with Gasteiger partial charge in [-0.1, -0.05) is 41.0 Å². The summed E-state index contributed by atoms with van der Waals surface area (Å²) in [7, 11) is 0. The highest BCUT2D eigenvalue weighted by Gasteiger charge is 2.33. The number of aromatic nitrogens is 2. The molecule has 118 valence electrons. The highest BCUT2D eigenvalue weighted by Crippen LogP contribution is 2.33. The summed E-state index contributed by atoms with van der Waals surface area (Å²) in [4.78, 5) is 7.64.